The van der Waals surface area contributed by atoms with Gasteiger partial charge in [0.05, 0.1) is 5.39 Å². The number of anilines is 1. The van der Waals surface area contributed by atoms with Crippen LogP contribution in [0.3, 0.4) is 0 Å². The monoisotopic (exact) mass is 402 g/mol. The van der Waals surface area contributed by atoms with Gasteiger partial charge < -0.3 is 4.90 Å². The highest BCUT2D eigenvalue weighted by molar-refractivity contribution is 7.18. The third kappa shape index (κ3) is 2.86. The zero-order valence-corrected chi connectivity index (χ0v) is 18.1. The molecule has 3 fully saturated rings. The molecule has 4 nitrogen and oxygen atoms in total. The third-order valence-electron chi connectivity index (χ3n) is 7.26. The van der Waals surface area contributed by atoms with Crippen molar-refractivity contribution < 1.29 is 4.39 Å². The van der Waals surface area contributed by atoms with Gasteiger partial charge in [0.2, 0.25) is 0 Å². The topological polar surface area (TPSA) is 32.3 Å². The van der Waals surface area contributed by atoms with Crippen LogP contribution in [-0.2, 0) is 6.42 Å². The lowest BCUT2D eigenvalue weighted by Crippen LogP contribution is -2.67. The first kappa shape index (κ1) is 18.7. The summed E-state index contributed by atoms with van der Waals surface area (Å²) in [5.74, 6) is 1.47. The van der Waals surface area contributed by atoms with Crippen LogP contribution in [0.2, 0.25) is 0 Å². The molecule has 28 heavy (non-hydrogen) atoms. The summed E-state index contributed by atoms with van der Waals surface area (Å²) in [6.07, 6.45) is 6.50. The van der Waals surface area contributed by atoms with Crippen LogP contribution in [-0.4, -0.2) is 52.8 Å². The van der Waals surface area contributed by atoms with Gasteiger partial charge in [0, 0.05) is 42.5 Å². The molecule has 0 radical (unpaired) electrons. The Balaban J connectivity index is 1.32. The van der Waals surface area contributed by atoms with Crippen LogP contribution in [0.4, 0.5) is 10.2 Å². The van der Waals surface area contributed by atoms with Crippen LogP contribution in [0.25, 0.3) is 10.2 Å². The van der Waals surface area contributed by atoms with Crippen LogP contribution in [0.5, 0.6) is 0 Å². The fraction of sp³-hybridized carbons (Fsp3) is 0.727. The van der Waals surface area contributed by atoms with Crippen molar-refractivity contribution in [2.24, 2.45) is 11.3 Å². The van der Waals surface area contributed by atoms with E-state index in [1.165, 1.54) is 16.7 Å². The Bertz CT molecular complexity index is 869. The summed E-state index contributed by atoms with van der Waals surface area (Å²) in [5, 5.41) is 1.20. The second kappa shape index (κ2) is 6.63. The highest BCUT2D eigenvalue weighted by Gasteiger charge is 2.56. The molecule has 4 heterocycles. The maximum Gasteiger partial charge on any atom is 0.140 e. The molecule has 1 atom stereocenters. The molecule has 1 spiro atoms. The van der Waals surface area contributed by atoms with Crippen LogP contribution in [0.1, 0.15) is 51.3 Å². The van der Waals surface area contributed by atoms with Crippen molar-refractivity contribution in [3.05, 3.63) is 17.3 Å². The minimum atomic E-state index is -0.944. The van der Waals surface area contributed by atoms with Crippen LogP contribution < -0.4 is 4.90 Å². The molecule has 5 rings (SSSR count). The number of alkyl halides is 1. The van der Waals surface area contributed by atoms with Gasteiger partial charge in [-0.25, -0.2) is 14.4 Å². The van der Waals surface area contributed by atoms with E-state index >= 15 is 4.39 Å². The summed E-state index contributed by atoms with van der Waals surface area (Å²) in [4.78, 5) is 16.5. The average Bonchev–Trinajstić information content (AvgIpc) is 3.23. The van der Waals surface area contributed by atoms with Crippen LogP contribution in [0, 0.1) is 11.3 Å². The van der Waals surface area contributed by atoms with E-state index in [-0.39, 0.29) is 6.04 Å². The molecule has 2 aromatic heterocycles. The number of hydrogen-bond donors (Lipinski definition) is 0. The molecule has 0 N–H and O–H groups in total. The number of nitrogens with zero attached hydrogens (tertiary/aromatic N) is 4. The molecular formula is C22H31FN4S. The van der Waals surface area contributed by atoms with E-state index in [0.29, 0.717) is 11.3 Å². The highest BCUT2D eigenvalue weighted by Crippen LogP contribution is 2.49. The van der Waals surface area contributed by atoms with Crippen molar-refractivity contribution in [1.82, 2.24) is 14.9 Å². The van der Waals surface area contributed by atoms with Crippen molar-refractivity contribution in [3.63, 3.8) is 0 Å². The molecule has 0 bridgehead atoms. The molecule has 6 heteroatoms. The Morgan fingerprint density at radius 3 is 2.61 bits per heavy atom. The van der Waals surface area contributed by atoms with E-state index in [1.54, 1.807) is 17.7 Å². The normalized spacial score (nSPS) is 24.7. The number of halogens is 1. The first-order valence-corrected chi connectivity index (χ1v) is 11.7. The van der Waals surface area contributed by atoms with E-state index in [0.717, 1.165) is 62.5 Å². The van der Waals surface area contributed by atoms with Gasteiger partial charge >= 0.3 is 0 Å². The van der Waals surface area contributed by atoms with Crippen molar-refractivity contribution in [2.45, 2.75) is 64.6 Å². The fourth-order valence-electron chi connectivity index (χ4n) is 5.86. The summed E-state index contributed by atoms with van der Waals surface area (Å²) in [5.41, 5.74) is -0.631. The molecule has 2 saturated heterocycles. The number of hydrogen-bond acceptors (Lipinski definition) is 5. The smallest absolute Gasteiger partial charge is 0.140 e. The Kier molecular flexibility index (Phi) is 4.43. The Morgan fingerprint density at radius 2 is 1.96 bits per heavy atom. The second-order valence-corrected chi connectivity index (χ2v) is 10.8. The quantitative estimate of drug-likeness (QED) is 0.727. The van der Waals surface area contributed by atoms with Crippen LogP contribution >= 0.6 is 11.3 Å². The minimum Gasteiger partial charge on any atom is -0.355 e. The molecular weight excluding hydrogens is 371 g/mol. The number of likely N-dealkylation sites (tertiary alicyclic amines) is 1. The Hall–Kier alpha value is -1.27. The maximum atomic E-state index is 15.3. The van der Waals surface area contributed by atoms with E-state index < -0.39 is 5.67 Å². The third-order valence-corrected chi connectivity index (χ3v) is 8.45. The fourth-order valence-corrected chi connectivity index (χ4v) is 6.79. The largest absolute Gasteiger partial charge is 0.355 e. The summed E-state index contributed by atoms with van der Waals surface area (Å²) in [6, 6.07) is 2.36. The van der Waals surface area contributed by atoms with Gasteiger partial charge in [0.1, 0.15) is 22.6 Å². The molecule has 152 valence electrons. The van der Waals surface area contributed by atoms with Gasteiger partial charge in [-0.1, -0.05) is 20.8 Å². The van der Waals surface area contributed by atoms with Gasteiger partial charge in [-0.2, -0.15) is 0 Å². The van der Waals surface area contributed by atoms with Crippen molar-refractivity contribution in [3.8, 4) is 0 Å². The zero-order valence-electron chi connectivity index (χ0n) is 17.2. The van der Waals surface area contributed by atoms with E-state index in [9.17, 15) is 0 Å². The molecule has 2 aliphatic heterocycles. The molecule has 0 amide bonds. The summed E-state index contributed by atoms with van der Waals surface area (Å²) in [7, 11) is 0. The standard InChI is InChI=1S/C22H31FN4S/c1-4-16-10-17-19(24-14-25-20(17)28-16)26-9-8-21(11-26)12-27(13-21)18(15(2)3)22(23)6-5-7-22/h10,14-15,18H,4-9,11-13H2,1-3H3/t18-/m1/s1. The zero-order chi connectivity index (χ0) is 19.5. The van der Waals surface area contributed by atoms with Crippen LogP contribution in [0.15, 0.2) is 12.4 Å². The average molecular weight is 403 g/mol. The summed E-state index contributed by atoms with van der Waals surface area (Å²) in [6.45, 7) is 10.7. The number of fused-ring (bicyclic) bond motifs is 1. The second-order valence-electron chi connectivity index (χ2n) is 9.64. The first-order valence-electron chi connectivity index (χ1n) is 10.8. The molecule has 1 aliphatic carbocycles. The lowest BCUT2D eigenvalue weighted by atomic mass is 9.68. The Morgan fingerprint density at radius 1 is 1.18 bits per heavy atom. The van der Waals surface area contributed by atoms with Crippen molar-refractivity contribution >= 4 is 27.4 Å². The maximum absolute atomic E-state index is 15.3. The number of aromatic nitrogens is 2. The SMILES string of the molecule is CCc1cc2c(N3CCC4(C3)CN([C@H](C(C)C)C3(F)CCC3)C4)ncnc2s1. The van der Waals surface area contributed by atoms with Gasteiger partial charge in [0.25, 0.3) is 0 Å². The first-order chi connectivity index (χ1) is 13.4. The predicted molar refractivity (Wildman–Crippen MR) is 114 cm³/mol. The number of rotatable bonds is 5. The van der Waals surface area contributed by atoms with E-state index in [1.807, 2.05) is 0 Å². The van der Waals surface area contributed by atoms with Gasteiger partial charge in [0.15, 0.2) is 0 Å². The van der Waals surface area contributed by atoms with Crippen molar-refractivity contribution in [2.75, 3.05) is 31.1 Å². The molecule has 1 saturated carbocycles. The molecule has 0 unspecified atom stereocenters. The van der Waals surface area contributed by atoms with Gasteiger partial charge in [-0.05, 0) is 44.1 Å². The van der Waals surface area contributed by atoms with Crippen molar-refractivity contribution in [1.29, 1.82) is 0 Å². The summed E-state index contributed by atoms with van der Waals surface area (Å²) >= 11 is 1.78. The molecule has 2 aromatic rings. The van der Waals surface area contributed by atoms with Gasteiger partial charge in [-0.3, -0.25) is 4.90 Å². The highest BCUT2D eigenvalue weighted by atomic mass is 32.1. The summed E-state index contributed by atoms with van der Waals surface area (Å²) < 4.78 is 15.3. The molecule has 0 aromatic carbocycles. The lowest BCUT2D eigenvalue weighted by Gasteiger charge is -2.57. The van der Waals surface area contributed by atoms with E-state index in [4.69, 9.17) is 0 Å². The number of aryl methyl sites for hydroxylation is 1. The number of thiophene rings is 1. The molecule has 3 aliphatic rings. The predicted octanol–water partition coefficient (Wildman–Crippen LogP) is 4.68. The Labute approximate surface area is 171 Å². The van der Waals surface area contributed by atoms with Gasteiger partial charge in [-0.15, -0.1) is 11.3 Å². The minimum absolute atomic E-state index is 0.0932. The van der Waals surface area contributed by atoms with E-state index in [2.05, 4.69) is 46.6 Å². The lowest BCUT2D eigenvalue weighted by molar-refractivity contribution is -0.118.